The molecule has 1 aromatic carbocycles. The van der Waals surface area contributed by atoms with Crippen LogP contribution in [0, 0.1) is 5.92 Å². The van der Waals surface area contributed by atoms with Gasteiger partial charge in [0.15, 0.2) is 0 Å². The fraction of sp³-hybridized carbons (Fsp3) is 0.462. The van der Waals surface area contributed by atoms with E-state index in [1.54, 1.807) is 18.4 Å². The number of rotatable bonds is 4. The Bertz CT molecular complexity index is 507. The van der Waals surface area contributed by atoms with Crippen LogP contribution in [0.1, 0.15) is 31.3 Å². The van der Waals surface area contributed by atoms with Crippen LogP contribution in [0.4, 0.5) is 0 Å². The molecule has 92 valence electrons. The average Bonchev–Trinajstić information content (AvgIpc) is 2.70. The topological polar surface area (TPSA) is 48.1 Å². The average molecular weight is 250 g/mol. The molecule has 0 amide bonds. The number of hydrogen-bond donors (Lipinski definition) is 1. The summed E-state index contributed by atoms with van der Waals surface area (Å²) in [7, 11) is 1.67. The number of thiazole rings is 1. The molecule has 0 saturated carbocycles. The van der Waals surface area contributed by atoms with E-state index in [4.69, 9.17) is 10.5 Å². The molecule has 2 rings (SSSR count). The second-order valence-electron chi connectivity index (χ2n) is 4.62. The number of aromatic nitrogens is 1. The maximum absolute atomic E-state index is 6.15. The Kier molecular flexibility index (Phi) is 3.64. The Morgan fingerprint density at radius 2 is 2.18 bits per heavy atom. The molecule has 0 fully saturated rings. The molecular formula is C13H18N2OS. The van der Waals surface area contributed by atoms with Crippen LogP contribution in [0.2, 0.25) is 0 Å². The van der Waals surface area contributed by atoms with E-state index >= 15 is 0 Å². The third-order valence-corrected chi connectivity index (χ3v) is 3.80. The first-order valence-electron chi connectivity index (χ1n) is 5.80. The normalized spacial score (nSPS) is 13.2. The molecule has 0 radical (unpaired) electrons. The molecule has 2 N–H and O–H groups in total. The highest BCUT2D eigenvalue weighted by molar-refractivity contribution is 7.18. The van der Waals surface area contributed by atoms with Crippen molar-refractivity contribution in [2.24, 2.45) is 11.7 Å². The van der Waals surface area contributed by atoms with Crippen molar-refractivity contribution in [2.75, 3.05) is 7.11 Å². The molecule has 4 heteroatoms. The number of nitrogens with zero attached hydrogens (tertiary/aromatic N) is 1. The van der Waals surface area contributed by atoms with Gasteiger partial charge in [0.2, 0.25) is 0 Å². The van der Waals surface area contributed by atoms with E-state index in [0.29, 0.717) is 5.92 Å². The zero-order valence-electron chi connectivity index (χ0n) is 10.4. The summed E-state index contributed by atoms with van der Waals surface area (Å²) < 4.78 is 6.34. The number of nitrogens with two attached hydrogens (primary N) is 1. The summed E-state index contributed by atoms with van der Waals surface area (Å²) in [6, 6.07) is 5.97. The minimum absolute atomic E-state index is 0.0402. The molecule has 0 aliphatic carbocycles. The monoisotopic (exact) mass is 250 g/mol. The van der Waals surface area contributed by atoms with Crippen molar-refractivity contribution in [2.45, 2.75) is 26.3 Å². The van der Waals surface area contributed by atoms with Crippen molar-refractivity contribution in [3.63, 3.8) is 0 Å². The lowest BCUT2D eigenvalue weighted by Gasteiger charge is -2.10. The van der Waals surface area contributed by atoms with Crippen molar-refractivity contribution >= 4 is 21.6 Å². The van der Waals surface area contributed by atoms with E-state index in [2.05, 4.69) is 18.8 Å². The molecule has 1 aromatic heterocycles. The van der Waals surface area contributed by atoms with Gasteiger partial charge in [-0.2, -0.15) is 0 Å². The number of ether oxygens (including phenoxy) is 1. The molecule has 2 aromatic rings. The van der Waals surface area contributed by atoms with E-state index < -0.39 is 0 Å². The van der Waals surface area contributed by atoms with Gasteiger partial charge in [-0.3, -0.25) is 0 Å². The van der Waals surface area contributed by atoms with Gasteiger partial charge in [0.25, 0.3) is 0 Å². The lowest BCUT2D eigenvalue weighted by Crippen LogP contribution is -2.12. The van der Waals surface area contributed by atoms with Crippen LogP contribution in [0.15, 0.2) is 18.2 Å². The van der Waals surface area contributed by atoms with Gasteiger partial charge in [-0.15, -0.1) is 11.3 Å². The fourth-order valence-electron chi connectivity index (χ4n) is 1.82. The van der Waals surface area contributed by atoms with Crippen LogP contribution in [-0.2, 0) is 0 Å². The Morgan fingerprint density at radius 3 is 2.82 bits per heavy atom. The van der Waals surface area contributed by atoms with Crippen LogP contribution in [0.25, 0.3) is 10.2 Å². The number of methoxy groups -OCH3 is 1. The zero-order valence-corrected chi connectivity index (χ0v) is 11.3. The van der Waals surface area contributed by atoms with E-state index in [-0.39, 0.29) is 6.04 Å². The number of benzene rings is 1. The van der Waals surface area contributed by atoms with Gasteiger partial charge in [0, 0.05) is 0 Å². The van der Waals surface area contributed by atoms with Gasteiger partial charge in [0.1, 0.15) is 10.8 Å². The Morgan fingerprint density at radius 1 is 1.41 bits per heavy atom. The van der Waals surface area contributed by atoms with E-state index in [0.717, 1.165) is 27.4 Å². The SMILES string of the molecule is COc1ccc2nc(C(N)CC(C)C)sc2c1. The first-order chi connectivity index (χ1) is 8.10. The van der Waals surface area contributed by atoms with Gasteiger partial charge in [-0.1, -0.05) is 13.8 Å². The molecule has 17 heavy (non-hydrogen) atoms. The van der Waals surface area contributed by atoms with Crippen molar-refractivity contribution < 1.29 is 4.74 Å². The maximum Gasteiger partial charge on any atom is 0.120 e. The lowest BCUT2D eigenvalue weighted by atomic mass is 10.1. The molecule has 0 aliphatic heterocycles. The second-order valence-corrected chi connectivity index (χ2v) is 5.68. The van der Waals surface area contributed by atoms with Crippen LogP contribution in [0.5, 0.6) is 5.75 Å². The zero-order chi connectivity index (χ0) is 12.4. The molecular weight excluding hydrogens is 232 g/mol. The van der Waals surface area contributed by atoms with Crippen molar-refractivity contribution in [1.82, 2.24) is 4.98 Å². The summed E-state index contributed by atoms with van der Waals surface area (Å²) >= 11 is 1.66. The molecule has 1 heterocycles. The fourth-order valence-corrected chi connectivity index (χ4v) is 2.83. The van der Waals surface area contributed by atoms with Crippen LogP contribution in [0.3, 0.4) is 0 Å². The maximum atomic E-state index is 6.15. The summed E-state index contributed by atoms with van der Waals surface area (Å²) in [5.41, 5.74) is 7.15. The van der Waals surface area contributed by atoms with Gasteiger partial charge >= 0.3 is 0 Å². The van der Waals surface area contributed by atoms with Gasteiger partial charge < -0.3 is 10.5 Å². The van der Waals surface area contributed by atoms with Gasteiger partial charge in [-0.25, -0.2) is 4.98 Å². The molecule has 0 aliphatic rings. The van der Waals surface area contributed by atoms with Crippen molar-refractivity contribution in [3.05, 3.63) is 23.2 Å². The second kappa shape index (κ2) is 5.02. The summed E-state index contributed by atoms with van der Waals surface area (Å²) in [6.07, 6.45) is 0.969. The number of fused-ring (bicyclic) bond motifs is 1. The molecule has 0 saturated heterocycles. The quantitative estimate of drug-likeness (QED) is 0.905. The van der Waals surface area contributed by atoms with Gasteiger partial charge in [-0.05, 0) is 30.5 Å². The Labute approximate surface area is 106 Å². The molecule has 0 spiro atoms. The highest BCUT2D eigenvalue weighted by Crippen LogP contribution is 2.30. The highest BCUT2D eigenvalue weighted by Gasteiger charge is 2.13. The summed E-state index contributed by atoms with van der Waals surface area (Å²) in [4.78, 5) is 4.58. The summed E-state index contributed by atoms with van der Waals surface area (Å²) in [5, 5.41) is 1.02. The Hall–Kier alpha value is -1.13. The minimum Gasteiger partial charge on any atom is -0.497 e. The minimum atomic E-state index is 0.0402. The highest BCUT2D eigenvalue weighted by atomic mass is 32.1. The first kappa shape index (κ1) is 12.3. The Balaban J connectivity index is 2.30. The summed E-state index contributed by atoms with van der Waals surface area (Å²) in [5.74, 6) is 1.46. The van der Waals surface area contributed by atoms with E-state index in [1.807, 2.05) is 18.2 Å². The predicted octanol–water partition coefficient (Wildman–Crippen LogP) is 3.35. The van der Waals surface area contributed by atoms with E-state index in [9.17, 15) is 0 Å². The largest absolute Gasteiger partial charge is 0.497 e. The third-order valence-electron chi connectivity index (χ3n) is 2.65. The van der Waals surface area contributed by atoms with Crippen LogP contribution >= 0.6 is 11.3 Å². The standard InChI is InChI=1S/C13H18N2OS/c1-8(2)6-10(14)13-15-11-5-4-9(16-3)7-12(11)17-13/h4-5,7-8,10H,6,14H2,1-3H3. The smallest absolute Gasteiger partial charge is 0.120 e. The van der Waals surface area contributed by atoms with Gasteiger partial charge in [0.05, 0.1) is 23.4 Å². The molecule has 0 bridgehead atoms. The number of hydrogen-bond acceptors (Lipinski definition) is 4. The van der Waals surface area contributed by atoms with Crippen molar-refractivity contribution in [1.29, 1.82) is 0 Å². The third kappa shape index (κ3) is 2.76. The van der Waals surface area contributed by atoms with E-state index in [1.165, 1.54) is 0 Å². The lowest BCUT2D eigenvalue weighted by molar-refractivity contribution is 0.415. The molecule has 1 unspecified atom stereocenters. The molecule has 1 atom stereocenters. The first-order valence-corrected chi connectivity index (χ1v) is 6.62. The summed E-state index contributed by atoms with van der Waals surface area (Å²) in [6.45, 7) is 4.35. The van der Waals surface area contributed by atoms with Crippen LogP contribution in [-0.4, -0.2) is 12.1 Å². The predicted molar refractivity (Wildman–Crippen MR) is 72.6 cm³/mol. The van der Waals surface area contributed by atoms with Crippen molar-refractivity contribution in [3.8, 4) is 5.75 Å². The molecule has 3 nitrogen and oxygen atoms in total. The van der Waals surface area contributed by atoms with Crippen LogP contribution < -0.4 is 10.5 Å².